The van der Waals surface area contributed by atoms with Crippen molar-refractivity contribution in [3.05, 3.63) is 77.3 Å². The molecule has 2 aromatic carbocycles. The normalized spacial score (nSPS) is 17.2. The Kier molecular flexibility index (Phi) is 13.4. The molecule has 14 heteroatoms. The molecule has 0 radical (unpaired) electrons. The number of aryl methyl sites for hydroxylation is 3. The molecular formula is C41H52N6O7S. The number of benzene rings is 2. The van der Waals surface area contributed by atoms with Crippen LogP contribution in [0.3, 0.4) is 0 Å². The molecule has 2 aromatic heterocycles. The van der Waals surface area contributed by atoms with Crippen molar-refractivity contribution >= 4 is 29.1 Å². The van der Waals surface area contributed by atoms with E-state index in [1.54, 1.807) is 11.3 Å². The summed E-state index contributed by atoms with van der Waals surface area (Å²) in [5.41, 5.74) is 6.15. The molecule has 6 rings (SSSR count). The average Bonchev–Trinajstić information content (AvgIpc) is 3.97. The van der Waals surface area contributed by atoms with E-state index in [1.165, 1.54) is 4.90 Å². The highest BCUT2D eigenvalue weighted by Crippen LogP contribution is 2.29. The van der Waals surface area contributed by atoms with Crippen LogP contribution in [-0.2, 0) is 43.4 Å². The third-order valence-electron chi connectivity index (χ3n) is 9.86. The smallest absolute Gasteiger partial charge is 0.246 e. The molecule has 4 heterocycles. The Labute approximate surface area is 326 Å². The van der Waals surface area contributed by atoms with E-state index in [9.17, 15) is 19.5 Å². The predicted molar refractivity (Wildman–Crippen MR) is 209 cm³/mol. The van der Waals surface area contributed by atoms with Gasteiger partial charge in [-0.15, -0.1) is 11.3 Å². The number of imidazole rings is 1. The highest BCUT2D eigenvalue weighted by Gasteiger charge is 2.44. The molecule has 3 N–H and O–H groups in total. The van der Waals surface area contributed by atoms with E-state index in [0.717, 1.165) is 63.9 Å². The van der Waals surface area contributed by atoms with Crippen LogP contribution in [-0.4, -0.2) is 100 Å². The number of hydrogen-bond donors (Lipinski definition) is 3. The van der Waals surface area contributed by atoms with Crippen LogP contribution in [0.1, 0.15) is 57.1 Å². The van der Waals surface area contributed by atoms with Crippen molar-refractivity contribution in [3.8, 4) is 27.4 Å². The lowest BCUT2D eigenvalue weighted by atomic mass is 9.85. The lowest BCUT2D eigenvalue weighted by molar-refractivity contribution is -0.144. The molecule has 294 valence electrons. The van der Waals surface area contributed by atoms with Crippen molar-refractivity contribution in [2.45, 2.75) is 84.7 Å². The van der Waals surface area contributed by atoms with Crippen LogP contribution in [0.5, 0.6) is 5.75 Å². The Balaban J connectivity index is 0.880. The van der Waals surface area contributed by atoms with E-state index in [2.05, 4.69) is 26.4 Å². The van der Waals surface area contributed by atoms with E-state index in [1.807, 2.05) is 81.7 Å². The molecular weight excluding hydrogens is 721 g/mol. The van der Waals surface area contributed by atoms with Gasteiger partial charge in [0.15, 0.2) is 0 Å². The van der Waals surface area contributed by atoms with Crippen molar-refractivity contribution in [2.75, 3.05) is 39.6 Å². The minimum absolute atomic E-state index is 0.0102. The Bertz CT molecular complexity index is 1880. The number of rotatable bonds is 17. The average molecular weight is 773 g/mol. The predicted octanol–water partition coefficient (Wildman–Crippen LogP) is 4.54. The molecule has 0 saturated carbocycles. The quantitative estimate of drug-likeness (QED) is 0.131. The first-order valence-corrected chi connectivity index (χ1v) is 19.8. The highest BCUT2D eigenvalue weighted by molar-refractivity contribution is 7.13. The number of β-amino-alcohol motifs (C(OH)–C–C–N with tert-alkyl or cyclic N) is 1. The Morgan fingerprint density at radius 2 is 1.69 bits per heavy atom. The number of nitrogens with zero attached hydrogens (tertiary/aromatic N) is 4. The van der Waals surface area contributed by atoms with Crippen molar-refractivity contribution in [1.82, 2.24) is 30.1 Å². The summed E-state index contributed by atoms with van der Waals surface area (Å²) in [5.74, 6) is 0.804. The van der Waals surface area contributed by atoms with E-state index < -0.39 is 29.5 Å². The molecule has 0 aliphatic carbocycles. The SMILES string of the molecule is Cc1ncsc1-c1ccc(CNC(=O)[C@@H]2C[C@H](O)CN2C(=O)[C@@H](NC(=O)CCOCCOCCOc2ccc(-c3cn4c(n3)CCC4)cc2)C(C)(C)C)cc1. The van der Waals surface area contributed by atoms with Crippen LogP contribution in [0.15, 0.2) is 60.2 Å². The topological polar surface area (TPSA) is 157 Å². The maximum atomic E-state index is 13.9. The van der Waals surface area contributed by atoms with Crippen molar-refractivity contribution < 1.29 is 33.7 Å². The van der Waals surface area contributed by atoms with Gasteiger partial charge in [-0.3, -0.25) is 14.4 Å². The monoisotopic (exact) mass is 772 g/mol. The van der Waals surface area contributed by atoms with Gasteiger partial charge in [-0.1, -0.05) is 45.0 Å². The first-order valence-electron chi connectivity index (χ1n) is 19.0. The fraction of sp³-hybridized carbons (Fsp3) is 0.488. The highest BCUT2D eigenvalue weighted by atomic mass is 32.1. The third-order valence-corrected chi connectivity index (χ3v) is 10.8. The van der Waals surface area contributed by atoms with Gasteiger partial charge in [0.2, 0.25) is 17.7 Å². The summed E-state index contributed by atoms with van der Waals surface area (Å²) in [7, 11) is 0. The van der Waals surface area contributed by atoms with E-state index in [-0.39, 0.29) is 44.4 Å². The van der Waals surface area contributed by atoms with E-state index in [0.29, 0.717) is 26.4 Å². The van der Waals surface area contributed by atoms with Gasteiger partial charge in [0, 0.05) is 50.7 Å². The largest absolute Gasteiger partial charge is 0.491 e. The third kappa shape index (κ3) is 10.6. The van der Waals surface area contributed by atoms with Gasteiger partial charge in [0.05, 0.1) is 54.3 Å². The number of carbonyl (C=O) groups excluding carboxylic acids is 3. The van der Waals surface area contributed by atoms with Crippen molar-refractivity contribution in [1.29, 1.82) is 0 Å². The molecule has 4 aromatic rings. The lowest BCUT2D eigenvalue weighted by Crippen LogP contribution is -2.57. The summed E-state index contributed by atoms with van der Waals surface area (Å²) >= 11 is 1.58. The summed E-state index contributed by atoms with van der Waals surface area (Å²) in [5, 5.41) is 16.3. The summed E-state index contributed by atoms with van der Waals surface area (Å²) < 4.78 is 19.3. The van der Waals surface area contributed by atoms with Crippen LogP contribution < -0.4 is 15.4 Å². The lowest BCUT2D eigenvalue weighted by Gasteiger charge is -2.35. The molecule has 0 spiro atoms. The number of aliphatic hydroxyl groups is 1. The summed E-state index contributed by atoms with van der Waals surface area (Å²) in [6, 6.07) is 14.0. The number of aromatic nitrogens is 3. The number of aliphatic hydroxyl groups excluding tert-OH is 1. The van der Waals surface area contributed by atoms with Gasteiger partial charge >= 0.3 is 0 Å². The van der Waals surface area contributed by atoms with Crippen molar-refractivity contribution in [2.24, 2.45) is 5.41 Å². The minimum atomic E-state index is -0.908. The van der Waals surface area contributed by atoms with Crippen molar-refractivity contribution in [3.63, 3.8) is 0 Å². The Morgan fingerprint density at radius 3 is 2.38 bits per heavy atom. The molecule has 1 fully saturated rings. The second kappa shape index (κ2) is 18.3. The number of likely N-dealkylation sites (tertiary alicyclic amines) is 1. The van der Waals surface area contributed by atoms with Gasteiger partial charge in [-0.05, 0) is 54.2 Å². The summed E-state index contributed by atoms with van der Waals surface area (Å²) in [6.45, 7) is 10.4. The Morgan fingerprint density at radius 1 is 0.982 bits per heavy atom. The van der Waals surface area contributed by atoms with E-state index in [4.69, 9.17) is 19.2 Å². The van der Waals surface area contributed by atoms with Crippen LogP contribution in [0, 0.1) is 12.3 Å². The molecule has 0 unspecified atom stereocenters. The number of ether oxygens (including phenoxy) is 3. The molecule has 3 amide bonds. The van der Waals surface area contributed by atoms with Crippen LogP contribution in [0.25, 0.3) is 21.7 Å². The number of hydrogen-bond acceptors (Lipinski definition) is 10. The van der Waals surface area contributed by atoms with Gasteiger partial charge in [0.25, 0.3) is 0 Å². The van der Waals surface area contributed by atoms with Gasteiger partial charge in [-0.25, -0.2) is 9.97 Å². The zero-order valence-corrected chi connectivity index (χ0v) is 32.9. The Hall–Kier alpha value is -4.63. The fourth-order valence-electron chi connectivity index (χ4n) is 6.83. The number of nitrogens with one attached hydrogen (secondary N) is 2. The van der Waals surface area contributed by atoms with Crippen LogP contribution in [0.2, 0.25) is 0 Å². The molecule has 0 bridgehead atoms. The first kappa shape index (κ1) is 40.0. The van der Waals surface area contributed by atoms with Gasteiger partial charge < -0.3 is 39.4 Å². The van der Waals surface area contributed by atoms with Crippen LogP contribution in [0.4, 0.5) is 0 Å². The maximum Gasteiger partial charge on any atom is 0.246 e. The molecule has 3 atom stereocenters. The number of carbonyl (C=O) groups is 3. The number of amides is 3. The number of fused-ring (bicyclic) bond motifs is 1. The zero-order valence-electron chi connectivity index (χ0n) is 32.1. The maximum absolute atomic E-state index is 13.9. The molecule has 13 nitrogen and oxygen atoms in total. The van der Waals surface area contributed by atoms with Crippen LogP contribution >= 0.6 is 11.3 Å². The molecule has 2 aliphatic rings. The van der Waals surface area contributed by atoms with Gasteiger partial charge in [0.1, 0.15) is 30.3 Å². The second-order valence-electron chi connectivity index (χ2n) is 15.1. The van der Waals surface area contributed by atoms with E-state index >= 15 is 0 Å². The summed E-state index contributed by atoms with van der Waals surface area (Å²) in [6.07, 6.45) is 3.63. The molecule has 1 saturated heterocycles. The second-order valence-corrected chi connectivity index (χ2v) is 16.0. The summed E-state index contributed by atoms with van der Waals surface area (Å²) in [4.78, 5) is 51.7. The van der Waals surface area contributed by atoms with Gasteiger partial charge in [-0.2, -0.15) is 0 Å². The minimum Gasteiger partial charge on any atom is -0.491 e. The molecule has 55 heavy (non-hydrogen) atoms. The zero-order chi connectivity index (χ0) is 39.0. The fourth-order valence-corrected chi connectivity index (χ4v) is 7.65. The molecule has 2 aliphatic heterocycles. The number of thiazole rings is 1. The first-order chi connectivity index (χ1) is 26.5. The standard InChI is InChI=1S/C41H52N6O7S/c1-27-37(55-26-43-27)30-9-7-28(8-10-30)23-42-39(50)34-22-31(48)24-47(34)40(51)38(41(2,3)4)45-36(49)15-17-52-18-19-53-20-21-54-32-13-11-29(12-14-32)33-25-46-16-5-6-35(46)44-33/h7-14,25-26,31,34,38,48H,5-6,15-24H2,1-4H3,(H,42,50)(H,45,49)/t31-,34-,38+/m0/s1.